The fourth-order valence-electron chi connectivity index (χ4n) is 6.33. The van der Waals surface area contributed by atoms with Gasteiger partial charge in [-0.15, -0.1) is 6.58 Å². The van der Waals surface area contributed by atoms with Gasteiger partial charge in [-0.05, 0) is 106 Å². The van der Waals surface area contributed by atoms with Gasteiger partial charge in [-0.1, -0.05) is 25.5 Å². The van der Waals surface area contributed by atoms with E-state index in [1.54, 1.807) is 12.1 Å². The maximum atomic E-state index is 14.7. The number of benzene rings is 1. The number of hydrogen-bond acceptors (Lipinski definition) is 3. The Bertz CT molecular complexity index is 789. The van der Waals surface area contributed by atoms with Crippen molar-refractivity contribution < 1.29 is 23.0 Å². The highest BCUT2D eigenvalue weighted by Crippen LogP contribution is 2.42. The first-order valence-corrected chi connectivity index (χ1v) is 14.0. The van der Waals surface area contributed by atoms with Gasteiger partial charge in [0.2, 0.25) is 5.82 Å². The predicted molar refractivity (Wildman–Crippen MR) is 136 cm³/mol. The van der Waals surface area contributed by atoms with Gasteiger partial charge in [0.25, 0.3) is 0 Å². The van der Waals surface area contributed by atoms with E-state index in [4.69, 9.17) is 14.2 Å². The highest BCUT2D eigenvalue weighted by atomic mass is 19.2. The minimum Gasteiger partial charge on any atom is -0.490 e. The zero-order chi connectivity index (χ0) is 24.6. The standard InChI is InChI=1S/C30H44F2O3/c1-3-5-18-33-27-16-15-26(29(31)30(27)32)25-14-17-28(35-20-25)34-19-22-8-12-24(13-9-22)23-10-6-21(4-2)7-11-23/h4,15-16,21-25,28H,2-3,5-14,17-20H2,1H3. The van der Waals surface area contributed by atoms with E-state index < -0.39 is 11.6 Å². The summed E-state index contributed by atoms with van der Waals surface area (Å²) in [5, 5.41) is 0. The summed E-state index contributed by atoms with van der Waals surface area (Å²) in [6, 6.07) is 3.20. The lowest BCUT2D eigenvalue weighted by Gasteiger charge is -2.38. The Hall–Kier alpha value is -1.46. The molecule has 0 radical (unpaired) electrons. The van der Waals surface area contributed by atoms with E-state index in [2.05, 4.69) is 12.7 Å². The van der Waals surface area contributed by atoms with E-state index in [-0.39, 0.29) is 18.0 Å². The average molecular weight is 491 g/mol. The van der Waals surface area contributed by atoms with Crippen LogP contribution >= 0.6 is 0 Å². The molecule has 4 rings (SSSR count). The van der Waals surface area contributed by atoms with Gasteiger partial charge in [0.1, 0.15) is 0 Å². The second kappa shape index (κ2) is 13.2. The highest BCUT2D eigenvalue weighted by molar-refractivity contribution is 5.33. The molecule has 1 saturated heterocycles. The number of halogens is 2. The summed E-state index contributed by atoms with van der Waals surface area (Å²) >= 11 is 0. The smallest absolute Gasteiger partial charge is 0.200 e. The van der Waals surface area contributed by atoms with E-state index in [0.29, 0.717) is 31.1 Å². The van der Waals surface area contributed by atoms with Crippen molar-refractivity contribution in [3.63, 3.8) is 0 Å². The van der Waals surface area contributed by atoms with Crippen LogP contribution in [0.1, 0.15) is 95.5 Å². The largest absolute Gasteiger partial charge is 0.490 e. The lowest BCUT2D eigenvalue weighted by atomic mass is 9.69. The van der Waals surface area contributed by atoms with Crippen molar-refractivity contribution in [2.75, 3.05) is 19.8 Å². The molecule has 3 aliphatic rings. The number of allylic oxidation sites excluding steroid dienone is 1. The first-order chi connectivity index (χ1) is 17.1. The Morgan fingerprint density at radius 1 is 0.943 bits per heavy atom. The lowest BCUT2D eigenvalue weighted by Crippen LogP contribution is -2.31. The summed E-state index contributed by atoms with van der Waals surface area (Å²) in [6.45, 7) is 7.51. The first kappa shape index (κ1) is 26.6. The van der Waals surface area contributed by atoms with Crippen molar-refractivity contribution in [3.8, 4) is 5.75 Å². The van der Waals surface area contributed by atoms with Crippen LogP contribution in [0.5, 0.6) is 5.75 Å². The van der Waals surface area contributed by atoms with Gasteiger partial charge in [-0.3, -0.25) is 0 Å². The second-order valence-electron chi connectivity index (χ2n) is 11.0. The molecule has 1 aromatic carbocycles. The zero-order valence-corrected chi connectivity index (χ0v) is 21.5. The zero-order valence-electron chi connectivity index (χ0n) is 21.5. The normalized spacial score (nSPS) is 31.7. The van der Waals surface area contributed by atoms with Gasteiger partial charge in [-0.25, -0.2) is 4.39 Å². The van der Waals surface area contributed by atoms with Crippen LogP contribution in [-0.4, -0.2) is 26.1 Å². The molecule has 0 bridgehead atoms. The van der Waals surface area contributed by atoms with Crippen LogP contribution in [0.2, 0.25) is 0 Å². The molecule has 1 heterocycles. The molecule has 2 aliphatic carbocycles. The summed E-state index contributed by atoms with van der Waals surface area (Å²) in [5.41, 5.74) is 0.379. The molecule has 5 heteroatoms. The highest BCUT2D eigenvalue weighted by Gasteiger charge is 2.32. The molecule has 0 amide bonds. The topological polar surface area (TPSA) is 27.7 Å². The van der Waals surface area contributed by atoms with Crippen LogP contribution in [-0.2, 0) is 9.47 Å². The first-order valence-electron chi connectivity index (χ1n) is 14.0. The third-order valence-corrected chi connectivity index (χ3v) is 8.73. The van der Waals surface area contributed by atoms with Gasteiger partial charge in [0.05, 0.1) is 19.8 Å². The molecule has 0 N–H and O–H groups in total. The van der Waals surface area contributed by atoms with E-state index in [1.165, 1.54) is 51.4 Å². The van der Waals surface area contributed by atoms with Gasteiger partial charge >= 0.3 is 0 Å². The average Bonchev–Trinajstić information content (AvgIpc) is 2.91. The van der Waals surface area contributed by atoms with Crippen molar-refractivity contribution in [2.24, 2.45) is 23.7 Å². The van der Waals surface area contributed by atoms with Crippen LogP contribution in [0, 0.1) is 35.3 Å². The molecule has 1 aliphatic heterocycles. The van der Waals surface area contributed by atoms with E-state index in [0.717, 1.165) is 43.6 Å². The molecular formula is C30H44F2O3. The molecule has 3 fully saturated rings. The predicted octanol–water partition coefficient (Wildman–Crippen LogP) is 8.18. The fourth-order valence-corrected chi connectivity index (χ4v) is 6.33. The van der Waals surface area contributed by atoms with E-state index in [9.17, 15) is 8.78 Å². The Balaban J connectivity index is 1.16. The molecule has 35 heavy (non-hydrogen) atoms. The molecule has 2 saturated carbocycles. The van der Waals surface area contributed by atoms with Crippen molar-refractivity contribution >= 4 is 0 Å². The molecule has 0 aromatic heterocycles. The van der Waals surface area contributed by atoms with Crippen molar-refractivity contribution in [3.05, 3.63) is 42.0 Å². The summed E-state index contributed by atoms with van der Waals surface area (Å²) in [5.74, 6) is 1.31. The van der Waals surface area contributed by atoms with Crippen LogP contribution in [0.3, 0.4) is 0 Å². The monoisotopic (exact) mass is 490 g/mol. The third-order valence-electron chi connectivity index (χ3n) is 8.73. The van der Waals surface area contributed by atoms with Crippen molar-refractivity contribution in [1.29, 1.82) is 0 Å². The maximum Gasteiger partial charge on any atom is 0.200 e. The summed E-state index contributed by atoms with van der Waals surface area (Å²) in [7, 11) is 0. The molecule has 2 unspecified atom stereocenters. The van der Waals surface area contributed by atoms with Crippen LogP contribution < -0.4 is 4.74 Å². The lowest BCUT2D eigenvalue weighted by molar-refractivity contribution is -0.175. The number of ether oxygens (including phenoxy) is 3. The van der Waals surface area contributed by atoms with E-state index >= 15 is 0 Å². The Morgan fingerprint density at radius 3 is 2.29 bits per heavy atom. The minimum absolute atomic E-state index is 0.00296. The second-order valence-corrected chi connectivity index (χ2v) is 11.0. The maximum absolute atomic E-state index is 14.7. The summed E-state index contributed by atoms with van der Waals surface area (Å²) < 4.78 is 46.6. The SMILES string of the molecule is C=CC1CCC(C2CCC(COC3CCC(c4ccc(OCCCC)c(F)c4F)CO3)CC2)CC1. The Labute approximate surface area is 210 Å². The summed E-state index contributed by atoms with van der Waals surface area (Å²) in [6.07, 6.45) is 15.7. The van der Waals surface area contributed by atoms with Gasteiger partial charge in [-0.2, -0.15) is 4.39 Å². The third kappa shape index (κ3) is 7.07. The Morgan fingerprint density at radius 2 is 1.66 bits per heavy atom. The summed E-state index contributed by atoms with van der Waals surface area (Å²) in [4.78, 5) is 0. The molecule has 1 aromatic rings. The molecule has 0 spiro atoms. The van der Waals surface area contributed by atoms with Crippen molar-refractivity contribution in [1.82, 2.24) is 0 Å². The number of hydrogen-bond donors (Lipinski definition) is 0. The minimum atomic E-state index is -0.888. The molecular weight excluding hydrogens is 446 g/mol. The molecule has 2 atom stereocenters. The fraction of sp³-hybridized carbons (Fsp3) is 0.733. The van der Waals surface area contributed by atoms with Crippen LogP contribution in [0.4, 0.5) is 8.78 Å². The van der Waals surface area contributed by atoms with Crippen LogP contribution in [0.15, 0.2) is 24.8 Å². The van der Waals surface area contributed by atoms with Gasteiger partial charge in [0, 0.05) is 5.92 Å². The van der Waals surface area contributed by atoms with Gasteiger partial charge in [0.15, 0.2) is 17.9 Å². The Kier molecular flexibility index (Phi) is 10.0. The molecule has 196 valence electrons. The van der Waals surface area contributed by atoms with Crippen molar-refractivity contribution in [2.45, 2.75) is 96.2 Å². The van der Waals surface area contributed by atoms with Gasteiger partial charge < -0.3 is 14.2 Å². The van der Waals surface area contributed by atoms with E-state index in [1.807, 2.05) is 6.92 Å². The number of unbranched alkanes of at least 4 members (excludes halogenated alkanes) is 1. The molecule has 3 nitrogen and oxygen atoms in total. The van der Waals surface area contributed by atoms with Crippen LogP contribution in [0.25, 0.3) is 0 Å². The quantitative estimate of drug-likeness (QED) is 0.244. The number of rotatable bonds is 10.